The molecule has 3 rings (SSSR count). The average Bonchev–Trinajstić information content (AvgIpc) is 2.71. The molecule has 4 nitrogen and oxygen atoms in total. The molecule has 0 fully saturated rings. The van der Waals surface area contributed by atoms with E-state index in [0.29, 0.717) is 42.0 Å². The molecule has 110 valence electrons. The summed E-state index contributed by atoms with van der Waals surface area (Å²) in [5.41, 5.74) is 7.32. The van der Waals surface area contributed by atoms with Gasteiger partial charge in [-0.2, -0.15) is 0 Å². The monoisotopic (exact) mass is 305 g/mol. The molecule has 1 aliphatic rings. The van der Waals surface area contributed by atoms with Gasteiger partial charge >= 0.3 is 0 Å². The first-order chi connectivity index (χ1) is 10.2. The molecule has 0 amide bonds. The summed E-state index contributed by atoms with van der Waals surface area (Å²) in [6.45, 7) is 1.63. The van der Waals surface area contributed by atoms with Crippen LogP contribution in [-0.2, 0) is 6.61 Å². The number of halogens is 1. The zero-order chi connectivity index (χ0) is 14.7. The van der Waals surface area contributed by atoms with E-state index in [-0.39, 0.29) is 0 Å². The highest BCUT2D eigenvalue weighted by atomic mass is 35.5. The average molecular weight is 306 g/mol. The van der Waals surface area contributed by atoms with E-state index in [9.17, 15) is 0 Å². The van der Waals surface area contributed by atoms with E-state index in [1.54, 1.807) is 6.07 Å². The first-order valence-corrected chi connectivity index (χ1v) is 7.16. The van der Waals surface area contributed by atoms with Crippen molar-refractivity contribution >= 4 is 17.3 Å². The summed E-state index contributed by atoms with van der Waals surface area (Å²) < 4.78 is 17.0. The molecule has 0 saturated heterocycles. The zero-order valence-corrected chi connectivity index (χ0v) is 12.2. The van der Waals surface area contributed by atoms with Crippen LogP contribution in [0.3, 0.4) is 0 Å². The first kappa shape index (κ1) is 13.9. The summed E-state index contributed by atoms with van der Waals surface area (Å²) in [4.78, 5) is 0. The predicted molar refractivity (Wildman–Crippen MR) is 82.2 cm³/mol. The van der Waals surface area contributed by atoms with Gasteiger partial charge < -0.3 is 19.9 Å². The number of benzene rings is 2. The van der Waals surface area contributed by atoms with Gasteiger partial charge in [0.25, 0.3) is 0 Å². The summed E-state index contributed by atoms with van der Waals surface area (Å²) in [5, 5.41) is 0.542. The Morgan fingerprint density at radius 3 is 2.86 bits per heavy atom. The number of nitrogen functional groups attached to an aromatic ring is 1. The maximum atomic E-state index is 6.25. The van der Waals surface area contributed by atoms with E-state index in [2.05, 4.69) is 0 Å². The van der Waals surface area contributed by atoms with Gasteiger partial charge in [-0.15, -0.1) is 0 Å². The molecule has 0 spiro atoms. The van der Waals surface area contributed by atoms with Gasteiger partial charge in [-0.25, -0.2) is 0 Å². The molecule has 5 heteroatoms. The fraction of sp³-hybridized carbons (Fsp3) is 0.250. The molecule has 1 aliphatic heterocycles. The summed E-state index contributed by atoms with van der Waals surface area (Å²) in [6.07, 6.45) is 0.847. The Hall–Kier alpha value is -2.07. The maximum Gasteiger partial charge on any atom is 0.179 e. The summed E-state index contributed by atoms with van der Waals surface area (Å²) >= 11 is 6.25. The van der Waals surface area contributed by atoms with E-state index < -0.39 is 0 Å². The number of rotatable bonds is 3. The maximum absolute atomic E-state index is 6.25. The molecule has 2 N–H and O–H groups in total. The van der Waals surface area contributed by atoms with Crippen LogP contribution in [0.2, 0.25) is 5.02 Å². The Bertz CT molecular complexity index is 645. The Morgan fingerprint density at radius 2 is 2.00 bits per heavy atom. The lowest BCUT2D eigenvalue weighted by Crippen LogP contribution is -1.99. The second-order valence-electron chi connectivity index (χ2n) is 4.82. The Labute approximate surface area is 128 Å². The van der Waals surface area contributed by atoms with Crippen LogP contribution in [0.4, 0.5) is 5.69 Å². The highest BCUT2D eigenvalue weighted by Gasteiger charge is 2.15. The number of anilines is 1. The van der Waals surface area contributed by atoms with Crippen LogP contribution in [0.25, 0.3) is 0 Å². The smallest absolute Gasteiger partial charge is 0.179 e. The number of fused-ring (bicyclic) bond motifs is 1. The fourth-order valence-corrected chi connectivity index (χ4v) is 2.43. The van der Waals surface area contributed by atoms with Gasteiger partial charge in [0.15, 0.2) is 11.5 Å². The van der Waals surface area contributed by atoms with Crippen molar-refractivity contribution in [3.05, 3.63) is 47.0 Å². The van der Waals surface area contributed by atoms with Crippen molar-refractivity contribution in [1.82, 2.24) is 0 Å². The van der Waals surface area contributed by atoms with Crippen molar-refractivity contribution in [1.29, 1.82) is 0 Å². The van der Waals surface area contributed by atoms with E-state index >= 15 is 0 Å². The van der Waals surface area contributed by atoms with Gasteiger partial charge in [0.2, 0.25) is 0 Å². The molecule has 2 aromatic rings. The molecule has 0 unspecified atom stereocenters. The topological polar surface area (TPSA) is 53.7 Å². The van der Waals surface area contributed by atoms with Gasteiger partial charge in [-0.3, -0.25) is 0 Å². The van der Waals surface area contributed by atoms with Gasteiger partial charge in [-0.05, 0) is 29.8 Å². The molecule has 0 aliphatic carbocycles. The molecule has 2 aromatic carbocycles. The van der Waals surface area contributed by atoms with E-state index in [1.165, 1.54) is 0 Å². The molecular formula is C16H16ClNO3. The third kappa shape index (κ3) is 3.34. The molecule has 0 aromatic heterocycles. The van der Waals surface area contributed by atoms with Crippen molar-refractivity contribution in [3.63, 3.8) is 0 Å². The normalized spacial score (nSPS) is 13.6. The highest BCUT2D eigenvalue weighted by molar-refractivity contribution is 6.32. The number of ether oxygens (including phenoxy) is 3. The first-order valence-electron chi connectivity index (χ1n) is 6.79. The molecule has 1 heterocycles. The van der Waals surface area contributed by atoms with Crippen LogP contribution in [0.1, 0.15) is 12.0 Å². The van der Waals surface area contributed by atoms with Crippen LogP contribution >= 0.6 is 11.6 Å². The largest absolute Gasteiger partial charge is 0.489 e. The number of hydrogen-bond donors (Lipinski definition) is 1. The van der Waals surface area contributed by atoms with Crippen LogP contribution in [0.15, 0.2) is 36.4 Å². The highest BCUT2D eigenvalue weighted by Crippen LogP contribution is 2.38. The second-order valence-corrected chi connectivity index (χ2v) is 5.22. The fourth-order valence-electron chi connectivity index (χ4n) is 2.14. The van der Waals surface area contributed by atoms with Crippen LogP contribution in [-0.4, -0.2) is 13.2 Å². The van der Waals surface area contributed by atoms with Gasteiger partial charge in [0, 0.05) is 18.2 Å². The van der Waals surface area contributed by atoms with Crippen molar-refractivity contribution in [3.8, 4) is 17.2 Å². The van der Waals surface area contributed by atoms with Crippen molar-refractivity contribution in [2.24, 2.45) is 0 Å². The van der Waals surface area contributed by atoms with Crippen molar-refractivity contribution in [2.45, 2.75) is 13.0 Å². The van der Waals surface area contributed by atoms with Gasteiger partial charge in [-0.1, -0.05) is 17.7 Å². The minimum absolute atomic E-state index is 0.389. The molecule has 21 heavy (non-hydrogen) atoms. The Kier molecular flexibility index (Phi) is 4.06. The Balaban J connectivity index is 1.77. The van der Waals surface area contributed by atoms with Crippen LogP contribution in [0.5, 0.6) is 17.2 Å². The standard InChI is InChI=1S/C16H16ClNO3/c17-14-7-11(8-15-16(14)20-6-2-5-19-15)10-21-13-4-1-3-12(18)9-13/h1,3-4,7-9H,2,5-6,10,18H2. The van der Waals surface area contributed by atoms with Crippen molar-refractivity contribution < 1.29 is 14.2 Å². The molecule has 0 atom stereocenters. The lowest BCUT2D eigenvalue weighted by atomic mass is 10.2. The van der Waals surface area contributed by atoms with Gasteiger partial charge in [0.05, 0.1) is 18.2 Å². The minimum atomic E-state index is 0.389. The molecule has 0 radical (unpaired) electrons. The van der Waals surface area contributed by atoms with E-state index in [4.69, 9.17) is 31.5 Å². The van der Waals surface area contributed by atoms with E-state index in [1.807, 2.05) is 30.3 Å². The quantitative estimate of drug-likeness (QED) is 0.879. The summed E-state index contributed by atoms with van der Waals surface area (Å²) in [6, 6.07) is 11.1. The lowest BCUT2D eigenvalue weighted by Gasteiger charge is -2.12. The summed E-state index contributed by atoms with van der Waals surface area (Å²) in [5.74, 6) is 2.01. The third-order valence-corrected chi connectivity index (χ3v) is 3.41. The number of hydrogen-bond acceptors (Lipinski definition) is 4. The molecular weight excluding hydrogens is 290 g/mol. The lowest BCUT2D eigenvalue weighted by molar-refractivity contribution is 0.295. The van der Waals surface area contributed by atoms with Crippen LogP contribution < -0.4 is 19.9 Å². The predicted octanol–water partition coefficient (Wildman–Crippen LogP) is 3.66. The van der Waals surface area contributed by atoms with E-state index in [0.717, 1.165) is 17.7 Å². The number of nitrogens with two attached hydrogens (primary N) is 1. The van der Waals surface area contributed by atoms with Crippen LogP contribution in [0, 0.1) is 0 Å². The SMILES string of the molecule is Nc1cccc(OCc2cc(Cl)c3c(c2)OCCCO3)c1. The zero-order valence-electron chi connectivity index (χ0n) is 11.5. The Morgan fingerprint density at radius 1 is 1.14 bits per heavy atom. The molecule has 0 bridgehead atoms. The van der Waals surface area contributed by atoms with Crippen molar-refractivity contribution in [2.75, 3.05) is 18.9 Å². The van der Waals surface area contributed by atoms with Gasteiger partial charge in [0.1, 0.15) is 12.4 Å². The summed E-state index contributed by atoms with van der Waals surface area (Å²) in [7, 11) is 0. The molecule has 0 saturated carbocycles. The third-order valence-electron chi connectivity index (χ3n) is 3.13. The second kappa shape index (κ2) is 6.14. The minimum Gasteiger partial charge on any atom is -0.489 e.